The quantitative estimate of drug-likeness (QED) is 0.804. The van der Waals surface area contributed by atoms with Crippen LogP contribution in [0.2, 0.25) is 0 Å². The minimum absolute atomic E-state index is 0.236. The lowest BCUT2D eigenvalue weighted by atomic mass is 10.0. The Bertz CT molecular complexity index is 297. The van der Waals surface area contributed by atoms with Crippen LogP contribution in [0.3, 0.4) is 0 Å². The number of amides is 1. The molecule has 1 unspecified atom stereocenters. The summed E-state index contributed by atoms with van der Waals surface area (Å²) in [5, 5.41) is 3.09. The van der Waals surface area contributed by atoms with Gasteiger partial charge in [0.25, 0.3) is 0 Å². The van der Waals surface area contributed by atoms with Crippen LogP contribution in [0.5, 0.6) is 0 Å². The van der Waals surface area contributed by atoms with E-state index >= 15 is 0 Å². The highest BCUT2D eigenvalue weighted by Crippen LogP contribution is 2.21. The molecular weight excluding hydrogens is 226 g/mol. The van der Waals surface area contributed by atoms with Gasteiger partial charge in [0.05, 0.1) is 6.54 Å². The molecule has 0 aromatic heterocycles. The second kappa shape index (κ2) is 5.57. The highest BCUT2D eigenvalue weighted by Gasteiger charge is 2.29. The van der Waals surface area contributed by atoms with Crippen LogP contribution in [0.25, 0.3) is 0 Å². The molecule has 1 amide bonds. The first-order chi connectivity index (χ1) is 8.81. The average Bonchev–Trinajstić information content (AvgIpc) is 3.00. The van der Waals surface area contributed by atoms with Crippen molar-refractivity contribution in [3.63, 3.8) is 0 Å². The number of hydrogen-bond acceptors (Lipinski definition) is 3. The zero-order valence-corrected chi connectivity index (χ0v) is 11.2. The van der Waals surface area contributed by atoms with Crippen LogP contribution >= 0.6 is 0 Å². The van der Waals surface area contributed by atoms with Crippen LogP contribution in [-0.4, -0.2) is 60.5 Å². The zero-order valence-electron chi connectivity index (χ0n) is 11.2. The molecule has 0 aromatic carbocycles. The molecule has 1 N–H and O–H groups in total. The number of rotatable bonds is 4. The standard InChI is InChI=1S/C14H25N3O/c18-14(15-12-5-6-12)11-16-7-3-4-13(10-16)17-8-1-2-9-17/h12-13H,1-11H2,(H,15,18). The van der Waals surface area contributed by atoms with Crippen molar-refractivity contribution >= 4 is 5.91 Å². The number of carbonyl (C=O) groups is 1. The number of carbonyl (C=O) groups excluding carboxylic acids is 1. The first-order valence-corrected chi connectivity index (χ1v) is 7.57. The van der Waals surface area contributed by atoms with Gasteiger partial charge in [0, 0.05) is 18.6 Å². The van der Waals surface area contributed by atoms with Gasteiger partial charge in [-0.2, -0.15) is 0 Å². The van der Waals surface area contributed by atoms with Gasteiger partial charge in [0.15, 0.2) is 0 Å². The highest BCUT2D eigenvalue weighted by molar-refractivity contribution is 5.78. The van der Waals surface area contributed by atoms with Gasteiger partial charge in [-0.05, 0) is 58.2 Å². The van der Waals surface area contributed by atoms with E-state index in [1.165, 1.54) is 51.6 Å². The van der Waals surface area contributed by atoms with E-state index < -0.39 is 0 Å². The van der Waals surface area contributed by atoms with E-state index in [1.807, 2.05) is 0 Å². The summed E-state index contributed by atoms with van der Waals surface area (Å²) in [5.41, 5.74) is 0. The van der Waals surface area contributed by atoms with Crippen molar-refractivity contribution < 1.29 is 4.79 Å². The monoisotopic (exact) mass is 251 g/mol. The van der Waals surface area contributed by atoms with E-state index in [4.69, 9.17) is 0 Å². The fourth-order valence-corrected chi connectivity index (χ4v) is 3.28. The molecule has 1 atom stereocenters. The van der Waals surface area contributed by atoms with Crippen molar-refractivity contribution in [3.8, 4) is 0 Å². The number of hydrogen-bond donors (Lipinski definition) is 1. The summed E-state index contributed by atoms with van der Waals surface area (Å²) in [6.07, 6.45) is 7.65. The molecule has 3 aliphatic rings. The summed E-state index contributed by atoms with van der Waals surface area (Å²) in [7, 11) is 0. The third-order valence-electron chi connectivity index (χ3n) is 4.45. The summed E-state index contributed by atoms with van der Waals surface area (Å²) in [5.74, 6) is 0.236. The predicted octanol–water partition coefficient (Wildman–Crippen LogP) is 0.825. The van der Waals surface area contributed by atoms with Crippen LogP contribution in [0, 0.1) is 0 Å². The Morgan fingerprint density at radius 2 is 1.83 bits per heavy atom. The van der Waals surface area contributed by atoms with E-state index in [9.17, 15) is 4.79 Å². The molecule has 3 rings (SSSR count). The Morgan fingerprint density at radius 1 is 1.06 bits per heavy atom. The Labute approximate surface area is 110 Å². The van der Waals surface area contributed by atoms with Crippen LogP contribution in [-0.2, 0) is 4.79 Å². The molecule has 2 saturated heterocycles. The summed E-state index contributed by atoms with van der Waals surface area (Å²) in [4.78, 5) is 16.8. The van der Waals surface area contributed by atoms with Crippen LogP contribution < -0.4 is 5.32 Å². The van der Waals surface area contributed by atoms with E-state index in [0.29, 0.717) is 18.6 Å². The largest absolute Gasteiger partial charge is 0.352 e. The maximum absolute atomic E-state index is 11.8. The van der Waals surface area contributed by atoms with Gasteiger partial charge in [0.1, 0.15) is 0 Å². The van der Waals surface area contributed by atoms with Crippen molar-refractivity contribution in [1.29, 1.82) is 0 Å². The molecular formula is C14H25N3O. The van der Waals surface area contributed by atoms with Gasteiger partial charge < -0.3 is 5.32 Å². The maximum atomic E-state index is 11.8. The Balaban J connectivity index is 1.45. The van der Waals surface area contributed by atoms with Gasteiger partial charge >= 0.3 is 0 Å². The van der Waals surface area contributed by atoms with E-state index in [2.05, 4.69) is 15.1 Å². The van der Waals surface area contributed by atoms with Gasteiger partial charge in [-0.25, -0.2) is 0 Å². The smallest absolute Gasteiger partial charge is 0.234 e. The molecule has 4 nitrogen and oxygen atoms in total. The Kier molecular flexibility index (Phi) is 3.85. The van der Waals surface area contributed by atoms with Crippen LogP contribution in [0.1, 0.15) is 38.5 Å². The van der Waals surface area contributed by atoms with Crippen molar-refractivity contribution in [1.82, 2.24) is 15.1 Å². The highest BCUT2D eigenvalue weighted by atomic mass is 16.2. The summed E-state index contributed by atoms with van der Waals surface area (Å²) in [6, 6.07) is 1.20. The van der Waals surface area contributed by atoms with Crippen LogP contribution in [0.4, 0.5) is 0 Å². The lowest BCUT2D eigenvalue weighted by Crippen LogP contribution is -2.49. The van der Waals surface area contributed by atoms with Crippen LogP contribution in [0.15, 0.2) is 0 Å². The fourth-order valence-electron chi connectivity index (χ4n) is 3.28. The number of likely N-dealkylation sites (tertiary alicyclic amines) is 2. The SMILES string of the molecule is O=C(CN1CCCC(N2CCCC2)C1)NC1CC1. The van der Waals surface area contributed by atoms with E-state index in [0.717, 1.165) is 13.1 Å². The Morgan fingerprint density at radius 3 is 2.56 bits per heavy atom. The number of nitrogens with zero attached hydrogens (tertiary/aromatic N) is 2. The molecule has 0 bridgehead atoms. The third-order valence-corrected chi connectivity index (χ3v) is 4.45. The molecule has 0 aromatic rings. The van der Waals surface area contributed by atoms with Gasteiger partial charge in [-0.3, -0.25) is 14.6 Å². The molecule has 2 heterocycles. The molecule has 1 aliphatic carbocycles. The topological polar surface area (TPSA) is 35.6 Å². The molecule has 2 aliphatic heterocycles. The van der Waals surface area contributed by atoms with E-state index in [1.54, 1.807) is 0 Å². The molecule has 1 saturated carbocycles. The minimum Gasteiger partial charge on any atom is -0.352 e. The summed E-state index contributed by atoms with van der Waals surface area (Å²) >= 11 is 0. The molecule has 3 fully saturated rings. The lowest BCUT2D eigenvalue weighted by Gasteiger charge is -2.37. The van der Waals surface area contributed by atoms with E-state index in [-0.39, 0.29) is 5.91 Å². The third kappa shape index (κ3) is 3.23. The first-order valence-electron chi connectivity index (χ1n) is 7.57. The molecule has 18 heavy (non-hydrogen) atoms. The fraction of sp³-hybridized carbons (Fsp3) is 0.929. The first kappa shape index (κ1) is 12.4. The van der Waals surface area contributed by atoms with Crippen molar-refractivity contribution in [2.24, 2.45) is 0 Å². The molecule has 0 spiro atoms. The van der Waals surface area contributed by atoms with Gasteiger partial charge in [-0.15, -0.1) is 0 Å². The minimum atomic E-state index is 0.236. The van der Waals surface area contributed by atoms with Crippen molar-refractivity contribution in [3.05, 3.63) is 0 Å². The number of nitrogens with one attached hydrogen (secondary N) is 1. The second-order valence-electron chi connectivity index (χ2n) is 6.12. The average molecular weight is 251 g/mol. The summed E-state index contributed by atoms with van der Waals surface area (Å²) < 4.78 is 0. The van der Waals surface area contributed by atoms with Gasteiger partial charge in [0.2, 0.25) is 5.91 Å². The van der Waals surface area contributed by atoms with Crippen molar-refractivity contribution in [2.45, 2.75) is 50.6 Å². The van der Waals surface area contributed by atoms with Gasteiger partial charge in [-0.1, -0.05) is 0 Å². The zero-order chi connectivity index (χ0) is 12.4. The summed E-state index contributed by atoms with van der Waals surface area (Å²) in [6.45, 7) is 5.35. The lowest BCUT2D eigenvalue weighted by molar-refractivity contribution is -0.122. The number of piperidine rings is 1. The Hall–Kier alpha value is -0.610. The second-order valence-corrected chi connectivity index (χ2v) is 6.12. The molecule has 4 heteroatoms. The maximum Gasteiger partial charge on any atom is 0.234 e. The molecule has 0 radical (unpaired) electrons. The van der Waals surface area contributed by atoms with Crippen molar-refractivity contribution in [2.75, 3.05) is 32.7 Å². The normalized spacial score (nSPS) is 30.6. The molecule has 102 valence electrons. The predicted molar refractivity (Wildman–Crippen MR) is 71.4 cm³/mol.